The molecule has 2 heterocycles. The summed E-state index contributed by atoms with van der Waals surface area (Å²) < 4.78 is 5.61. The van der Waals surface area contributed by atoms with Crippen LogP contribution in [-0.4, -0.2) is 29.2 Å². The van der Waals surface area contributed by atoms with Crippen LogP contribution in [0.4, 0.5) is 0 Å². The van der Waals surface area contributed by atoms with Crippen molar-refractivity contribution < 1.29 is 19.4 Å². The van der Waals surface area contributed by atoms with Crippen LogP contribution in [0, 0.1) is 0 Å². The summed E-state index contributed by atoms with van der Waals surface area (Å²) in [5, 5.41) is 11.8. The molecule has 0 saturated carbocycles. The van der Waals surface area contributed by atoms with Crippen molar-refractivity contribution in [3.63, 3.8) is 0 Å². The lowest BCUT2D eigenvalue weighted by atomic mass is 10.1. The molecule has 0 aromatic carbocycles. The van der Waals surface area contributed by atoms with Crippen LogP contribution in [0.15, 0.2) is 33.9 Å². The zero-order valence-corrected chi connectivity index (χ0v) is 11.0. The number of ketones is 1. The van der Waals surface area contributed by atoms with Crippen LogP contribution >= 0.6 is 23.1 Å². The van der Waals surface area contributed by atoms with Crippen LogP contribution in [0.5, 0.6) is 0 Å². The average molecular weight is 282 g/mol. The van der Waals surface area contributed by atoms with Gasteiger partial charge in [0.1, 0.15) is 12.4 Å². The van der Waals surface area contributed by atoms with Crippen molar-refractivity contribution in [2.45, 2.75) is 4.21 Å². The Morgan fingerprint density at radius 1 is 1.56 bits per heavy atom. The van der Waals surface area contributed by atoms with E-state index in [9.17, 15) is 14.7 Å². The predicted molar refractivity (Wildman–Crippen MR) is 70.8 cm³/mol. The van der Waals surface area contributed by atoms with E-state index in [-0.39, 0.29) is 23.7 Å². The second-order valence-corrected chi connectivity index (χ2v) is 5.61. The molecule has 1 aromatic heterocycles. The molecule has 18 heavy (non-hydrogen) atoms. The molecule has 0 saturated heterocycles. The third-order valence-corrected chi connectivity index (χ3v) is 4.57. The van der Waals surface area contributed by atoms with Crippen LogP contribution in [0.2, 0.25) is 0 Å². The number of thiophene rings is 1. The van der Waals surface area contributed by atoms with E-state index in [1.165, 1.54) is 29.2 Å². The first-order valence-corrected chi connectivity index (χ1v) is 6.96. The first kappa shape index (κ1) is 12.9. The third-order valence-electron chi connectivity index (χ3n) is 2.31. The van der Waals surface area contributed by atoms with Crippen molar-refractivity contribution in [3.8, 4) is 0 Å². The normalized spacial score (nSPS) is 14.0. The minimum atomic E-state index is -0.962. The summed E-state index contributed by atoms with van der Waals surface area (Å²) >= 11 is 2.92. The summed E-state index contributed by atoms with van der Waals surface area (Å²) in [6.45, 7) is 3.37. The van der Waals surface area contributed by atoms with Gasteiger partial charge in [0.2, 0.25) is 0 Å². The minimum absolute atomic E-state index is 0.0184. The van der Waals surface area contributed by atoms with E-state index in [1.807, 2.05) is 5.38 Å². The smallest absolute Gasteiger partial charge is 0.379 e. The lowest BCUT2D eigenvalue weighted by molar-refractivity contribution is -0.151. The fraction of sp³-hybridized carbons (Fsp3) is 0.167. The lowest BCUT2D eigenvalue weighted by Crippen LogP contribution is -2.22. The standard InChI is InChI=1S/C12H10O4S2/c1-2-4-16-11(15)10(14)8-6-18-12-7(9(8)13)3-5-17-12/h2-3,5,13H,1,4,6H2. The summed E-state index contributed by atoms with van der Waals surface area (Å²) in [4.78, 5) is 23.2. The fourth-order valence-electron chi connectivity index (χ4n) is 1.45. The van der Waals surface area contributed by atoms with Gasteiger partial charge in [-0.2, -0.15) is 0 Å². The molecule has 4 nitrogen and oxygen atoms in total. The van der Waals surface area contributed by atoms with E-state index < -0.39 is 11.8 Å². The monoisotopic (exact) mass is 282 g/mol. The highest BCUT2D eigenvalue weighted by atomic mass is 32.2. The molecule has 1 aliphatic rings. The zero-order chi connectivity index (χ0) is 13.1. The van der Waals surface area contributed by atoms with Crippen molar-refractivity contribution in [1.82, 2.24) is 0 Å². The summed E-state index contributed by atoms with van der Waals surface area (Å²) in [6.07, 6.45) is 1.38. The highest BCUT2D eigenvalue weighted by Gasteiger charge is 2.29. The molecule has 94 valence electrons. The van der Waals surface area contributed by atoms with E-state index in [2.05, 4.69) is 11.3 Å². The second kappa shape index (κ2) is 5.41. The molecule has 0 radical (unpaired) electrons. The predicted octanol–water partition coefficient (Wildman–Crippen LogP) is 2.42. The topological polar surface area (TPSA) is 63.6 Å². The fourth-order valence-corrected chi connectivity index (χ4v) is 3.55. The molecule has 0 fully saturated rings. The maximum atomic E-state index is 11.8. The SMILES string of the molecule is C=CCOC(=O)C(=O)C1=C(O)c2ccsc2SC1. The van der Waals surface area contributed by atoms with Gasteiger partial charge in [-0.3, -0.25) is 4.79 Å². The number of esters is 1. The van der Waals surface area contributed by atoms with Crippen LogP contribution in [0.25, 0.3) is 5.76 Å². The number of ether oxygens (including phenoxy) is 1. The molecule has 0 amide bonds. The highest BCUT2D eigenvalue weighted by Crippen LogP contribution is 2.39. The number of Topliss-reactive ketones (excluding diaryl/α,β-unsaturated/α-hetero) is 1. The summed E-state index contributed by atoms with van der Waals surface area (Å²) in [5.74, 6) is -1.60. The van der Waals surface area contributed by atoms with Gasteiger partial charge in [0.25, 0.3) is 5.78 Å². The van der Waals surface area contributed by atoms with E-state index >= 15 is 0 Å². The molecule has 2 rings (SSSR count). The first-order chi connectivity index (χ1) is 8.65. The molecule has 0 atom stereocenters. The maximum absolute atomic E-state index is 11.8. The quantitative estimate of drug-likeness (QED) is 0.522. The van der Waals surface area contributed by atoms with Crippen LogP contribution < -0.4 is 0 Å². The molecule has 1 aromatic rings. The Hall–Kier alpha value is -1.53. The average Bonchev–Trinajstić information content (AvgIpc) is 2.84. The van der Waals surface area contributed by atoms with Gasteiger partial charge in [-0.05, 0) is 11.4 Å². The Kier molecular flexibility index (Phi) is 3.88. The number of carbonyl (C=O) groups excluding carboxylic acids is 2. The number of fused-ring (bicyclic) bond motifs is 1. The summed E-state index contributed by atoms with van der Waals surface area (Å²) in [6, 6.07) is 1.73. The van der Waals surface area contributed by atoms with E-state index in [1.54, 1.807) is 6.07 Å². The van der Waals surface area contributed by atoms with Gasteiger partial charge in [-0.25, -0.2) is 4.79 Å². The Morgan fingerprint density at radius 2 is 2.33 bits per heavy atom. The molecular weight excluding hydrogens is 272 g/mol. The molecule has 0 bridgehead atoms. The van der Waals surface area contributed by atoms with Gasteiger partial charge in [0, 0.05) is 11.3 Å². The lowest BCUT2D eigenvalue weighted by Gasteiger charge is -2.14. The minimum Gasteiger partial charge on any atom is -0.507 e. The molecule has 6 heteroatoms. The van der Waals surface area contributed by atoms with Gasteiger partial charge in [0.05, 0.1) is 9.78 Å². The van der Waals surface area contributed by atoms with E-state index in [4.69, 9.17) is 0 Å². The van der Waals surface area contributed by atoms with Gasteiger partial charge in [0.15, 0.2) is 0 Å². The molecule has 1 aliphatic heterocycles. The molecule has 0 unspecified atom stereocenters. The van der Waals surface area contributed by atoms with E-state index in [0.29, 0.717) is 5.56 Å². The number of thioether (sulfide) groups is 1. The summed E-state index contributed by atoms with van der Waals surface area (Å²) in [7, 11) is 0. The molecule has 0 spiro atoms. The van der Waals surface area contributed by atoms with E-state index in [0.717, 1.165) is 4.21 Å². The summed E-state index contributed by atoms with van der Waals surface area (Å²) in [5.41, 5.74) is 0.705. The van der Waals surface area contributed by atoms with Crippen LogP contribution in [0.3, 0.4) is 0 Å². The molecular formula is C12H10O4S2. The van der Waals surface area contributed by atoms with Crippen molar-refractivity contribution in [3.05, 3.63) is 35.2 Å². The zero-order valence-electron chi connectivity index (χ0n) is 9.34. The van der Waals surface area contributed by atoms with Gasteiger partial charge in [-0.1, -0.05) is 12.7 Å². The largest absolute Gasteiger partial charge is 0.507 e. The third kappa shape index (κ3) is 2.34. The van der Waals surface area contributed by atoms with Gasteiger partial charge in [-0.15, -0.1) is 23.1 Å². The molecule has 1 N–H and O–H groups in total. The number of aliphatic hydroxyl groups is 1. The van der Waals surface area contributed by atoms with Crippen molar-refractivity contribution in [2.75, 3.05) is 12.4 Å². The Labute approximate surface area is 112 Å². The first-order valence-electron chi connectivity index (χ1n) is 5.10. The van der Waals surface area contributed by atoms with Gasteiger partial charge < -0.3 is 9.84 Å². The second-order valence-electron chi connectivity index (χ2n) is 3.45. The molecule has 0 aliphatic carbocycles. The van der Waals surface area contributed by atoms with Crippen molar-refractivity contribution >= 4 is 40.6 Å². The van der Waals surface area contributed by atoms with Gasteiger partial charge >= 0.3 is 5.97 Å². The number of rotatable bonds is 4. The Bertz CT molecular complexity index is 542. The van der Waals surface area contributed by atoms with Crippen molar-refractivity contribution in [1.29, 1.82) is 0 Å². The maximum Gasteiger partial charge on any atom is 0.379 e. The van der Waals surface area contributed by atoms with Crippen LogP contribution in [0.1, 0.15) is 5.56 Å². The highest BCUT2D eigenvalue weighted by molar-refractivity contribution is 8.01. The number of carbonyl (C=O) groups is 2. The van der Waals surface area contributed by atoms with Crippen LogP contribution in [-0.2, 0) is 14.3 Å². The number of hydrogen-bond donors (Lipinski definition) is 1. The Morgan fingerprint density at radius 3 is 3.06 bits per heavy atom. The number of hydrogen-bond acceptors (Lipinski definition) is 6. The number of aliphatic hydroxyl groups excluding tert-OH is 1. The Balaban J connectivity index is 2.24. The van der Waals surface area contributed by atoms with Crippen molar-refractivity contribution in [2.24, 2.45) is 0 Å².